The van der Waals surface area contributed by atoms with Crippen molar-refractivity contribution in [2.24, 2.45) is 4.99 Å². The van der Waals surface area contributed by atoms with Gasteiger partial charge in [0.1, 0.15) is 0 Å². The largest absolute Gasteiger partial charge is 0.236 e. The Balaban J connectivity index is 2.10. The van der Waals surface area contributed by atoms with Gasteiger partial charge in [0, 0.05) is 17.3 Å². The second-order valence-corrected chi connectivity index (χ2v) is 4.96. The molecule has 0 aliphatic heterocycles. The number of hydrogen-bond donors (Lipinski definition) is 0. The normalized spacial score (nSPS) is 10.1. The third-order valence-corrected chi connectivity index (χ3v) is 3.26. The zero-order valence-electron chi connectivity index (χ0n) is 11.3. The topological polar surface area (TPSA) is 25.2 Å². The number of hydrogen-bond acceptors (Lipinski definition) is 2. The Morgan fingerprint density at radius 3 is 1.81 bits per heavy atom. The Kier molecular flexibility index (Phi) is 4.08. The molecule has 0 aliphatic rings. The van der Waals surface area contributed by atoms with Crippen LogP contribution in [-0.4, -0.2) is 10.7 Å². The van der Waals surface area contributed by atoms with E-state index in [0.29, 0.717) is 10.8 Å². The first-order chi connectivity index (χ1) is 10.3. The summed E-state index contributed by atoms with van der Waals surface area (Å²) >= 11 is 5.87. The monoisotopic (exact) mass is 292 g/mol. The summed E-state index contributed by atoms with van der Waals surface area (Å²) in [5, 5.41) is 0.606. The number of benzene rings is 2. The summed E-state index contributed by atoms with van der Waals surface area (Å²) in [5.74, 6) is 0.641. The summed E-state index contributed by atoms with van der Waals surface area (Å²) in [5.41, 5.74) is 3.01. The fraction of sp³-hybridized carbons (Fsp3) is 0. The molecule has 102 valence electrons. The van der Waals surface area contributed by atoms with Crippen LogP contribution in [0.4, 0.5) is 5.82 Å². The number of halogens is 1. The Morgan fingerprint density at radius 1 is 0.762 bits per heavy atom. The highest BCUT2D eigenvalue weighted by molar-refractivity contribution is 6.30. The Labute approximate surface area is 128 Å². The minimum absolute atomic E-state index is 0.606. The predicted molar refractivity (Wildman–Crippen MR) is 87.4 cm³/mol. The summed E-state index contributed by atoms with van der Waals surface area (Å²) in [7, 11) is 0. The van der Waals surface area contributed by atoms with Crippen LogP contribution in [-0.2, 0) is 0 Å². The first-order valence-electron chi connectivity index (χ1n) is 6.64. The average Bonchev–Trinajstić information content (AvgIpc) is 2.56. The molecule has 0 bridgehead atoms. The summed E-state index contributed by atoms with van der Waals surface area (Å²) in [6, 6.07) is 23.8. The third-order valence-electron chi connectivity index (χ3n) is 3.03. The highest BCUT2D eigenvalue weighted by atomic mass is 35.5. The Hall–Kier alpha value is -2.45. The minimum Gasteiger partial charge on any atom is -0.236 e. The van der Waals surface area contributed by atoms with Crippen LogP contribution in [0, 0.1) is 0 Å². The van der Waals surface area contributed by atoms with Crippen molar-refractivity contribution in [2.45, 2.75) is 0 Å². The smallest absolute Gasteiger partial charge is 0.152 e. The fourth-order valence-corrected chi connectivity index (χ4v) is 2.15. The van der Waals surface area contributed by atoms with Crippen molar-refractivity contribution in [1.82, 2.24) is 4.98 Å². The molecule has 1 heterocycles. The van der Waals surface area contributed by atoms with Gasteiger partial charge in [0.25, 0.3) is 0 Å². The van der Waals surface area contributed by atoms with E-state index >= 15 is 0 Å². The number of aliphatic imine (C=N–C) groups is 1. The molecule has 0 amide bonds. The van der Waals surface area contributed by atoms with Crippen LogP contribution in [0.2, 0.25) is 5.02 Å². The van der Waals surface area contributed by atoms with Crippen LogP contribution in [0.3, 0.4) is 0 Å². The second-order valence-electron chi connectivity index (χ2n) is 4.53. The summed E-state index contributed by atoms with van der Waals surface area (Å²) in [6.45, 7) is 0. The van der Waals surface area contributed by atoms with E-state index in [4.69, 9.17) is 11.6 Å². The first kappa shape index (κ1) is 13.5. The lowest BCUT2D eigenvalue weighted by molar-refractivity contribution is 1.27. The van der Waals surface area contributed by atoms with Crippen molar-refractivity contribution in [3.05, 3.63) is 95.1 Å². The van der Waals surface area contributed by atoms with Crippen molar-refractivity contribution in [3.8, 4) is 0 Å². The molecule has 3 rings (SSSR count). The lowest BCUT2D eigenvalue weighted by Crippen LogP contribution is -2.02. The highest BCUT2D eigenvalue weighted by Crippen LogP contribution is 2.17. The van der Waals surface area contributed by atoms with Crippen molar-refractivity contribution < 1.29 is 0 Å². The Morgan fingerprint density at radius 2 is 1.33 bits per heavy atom. The summed E-state index contributed by atoms with van der Waals surface area (Å²) < 4.78 is 0. The van der Waals surface area contributed by atoms with Crippen molar-refractivity contribution in [2.75, 3.05) is 0 Å². The fourth-order valence-electron chi connectivity index (χ4n) is 2.04. The maximum absolute atomic E-state index is 5.87. The molecule has 2 nitrogen and oxygen atoms in total. The zero-order chi connectivity index (χ0) is 14.5. The van der Waals surface area contributed by atoms with Gasteiger partial charge in [-0.15, -0.1) is 0 Å². The van der Waals surface area contributed by atoms with Crippen LogP contribution in [0.1, 0.15) is 11.1 Å². The average molecular weight is 293 g/mol. The van der Waals surface area contributed by atoms with E-state index < -0.39 is 0 Å². The number of aromatic nitrogens is 1. The van der Waals surface area contributed by atoms with Gasteiger partial charge in [-0.2, -0.15) is 0 Å². The van der Waals surface area contributed by atoms with E-state index in [0.717, 1.165) is 16.8 Å². The predicted octanol–water partition coefficient (Wildman–Crippen LogP) is 4.90. The standard InChI is InChI=1S/C18H13ClN2/c19-16-11-12-17(20-13-16)21-18(14-7-3-1-4-8-14)15-9-5-2-6-10-15/h1-13H. The van der Waals surface area contributed by atoms with Crippen LogP contribution in [0.5, 0.6) is 0 Å². The van der Waals surface area contributed by atoms with Gasteiger partial charge >= 0.3 is 0 Å². The van der Waals surface area contributed by atoms with E-state index in [1.807, 2.05) is 66.7 Å². The molecular weight excluding hydrogens is 280 g/mol. The van der Waals surface area contributed by atoms with E-state index in [-0.39, 0.29) is 0 Å². The molecule has 3 heteroatoms. The highest BCUT2D eigenvalue weighted by Gasteiger charge is 2.06. The van der Waals surface area contributed by atoms with E-state index in [9.17, 15) is 0 Å². The van der Waals surface area contributed by atoms with Gasteiger partial charge in [-0.3, -0.25) is 0 Å². The van der Waals surface area contributed by atoms with Crippen LogP contribution in [0.25, 0.3) is 0 Å². The third kappa shape index (κ3) is 3.36. The van der Waals surface area contributed by atoms with E-state index in [2.05, 4.69) is 9.98 Å². The first-order valence-corrected chi connectivity index (χ1v) is 7.02. The molecule has 0 atom stereocenters. The van der Waals surface area contributed by atoms with Gasteiger partial charge in [0.15, 0.2) is 5.82 Å². The number of pyridine rings is 1. The van der Waals surface area contributed by atoms with E-state index in [1.165, 1.54) is 0 Å². The maximum Gasteiger partial charge on any atom is 0.152 e. The van der Waals surface area contributed by atoms with Crippen LogP contribution >= 0.6 is 11.6 Å². The van der Waals surface area contributed by atoms with Crippen LogP contribution in [0.15, 0.2) is 84.0 Å². The number of nitrogens with zero attached hydrogens (tertiary/aromatic N) is 2. The van der Waals surface area contributed by atoms with Crippen LogP contribution < -0.4 is 0 Å². The van der Waals surface area contributed by atoms with Gasteiger partial charge in [-0.05, 0) is 12.1 Å². The molecule has 0 aliphatic carbocycles. The molecule has 0 spiro atoms. The molecule has 1 aromatic heterocycles. The summed E-state index contributed by atoms with van der Waals surface area (Å²) in [4.78, 5) is 8.94. The molecule has 3 aromatic rings. The second kappa shape index (κ2) is 6.33. The maximum atomic E-state index is 5.87. The quantitative estimate of drug-likeness (QED) is 0.630. The molecule has 2 aromatic carbocycles. The van der Waals surface area contributed by atoms with Crippen molar-refractivity contribution in [3.63, 3.8) is 0 Å². The minimum atomic E-state index is 0.606. The molecule has 0 N–H and O–H groups in total. The SMILES string of the molecule is Clc1ccc(N=C(c2ccccc2)c2ccccc2)nc1. The molecule has 0 saturated heterocycles. The van der Waals surface area contributed by atoms with Crippen molar-refractivity contribution >= 4 is 23.1 Å². The van der Waals surface area contributed by atoms with Gasteiger partial charge in [-0.1, -0.05) is 72.3 Å². The molecule has 21 heavy (non-hydrogen) atoms. The van der Waals surface area contributed by atoms with Crippen molar-refractivity contribution in [1.29, 1.82) is 0 Å². The lowest BCUT2D eigenvalue weighted by atomic mass is 10.0. The zero-order valence-corrected chi connectivity index (χ0v) is 12.0. The molecular formula is C18H13ClN2. The molecule has 0 radical (unpaired) electrons. The van der Waals surface area contributed by atoms with Gasteiger partial charge in [0.05, 0.1) is 10.7 Å². The Bertz CT molecular complexity index is 694. The van der Waals surface area contributed by atoms with Gasteiger partial charge in [0.2, 0.25) is 0 Å². The molecule has 0 saturated carbocycles. The van der Waals surface area contributed by atoms with Gasteiger partial charge < -0.3 is 0 Å². The number of rotatable bonds is 3. The van der Waals surface area contributed by atoms with E-state index in [1.54, 1.807) is 12.3 Å². The van der Waals surface area contributed by atoms with Gasteiger partial charge in [-0.25, -0.2) is 9.98 Å². The summed E-state index contributed by atoms with van der Waals surface area (Å²) in [6.07, 6.45) is 1.61. The lowest BCUT2D eigenvalue weighted by Gasteiger charge is -2.07. The molecule has 0 unspecified atom stereocenters. The molecule has 0 fully saturated rings.